The molecule has 0 bridgehead atoms. The molecule has 0 aliphatic carbocycles. The second-order valence-electron chi connectivity index (χ2n) is 5.33. The van der Waals surface area contributed by atoms with Gasteiger partial charge in [0.25, 0.3) is 5.69 Å². The summed E-state index contributed by atoms with van der Waals surface area (Å²) in [4.78, 5) is 10.2. The van der Waals surface area contributed by atoms with Crippen LogP contribution in [0.3, 0.4) is 0 Å². The minimum Gasteiger partial charge on any atom is -0.420 e. The predicted molar refractivity (Wildman–Crippen MR) is 97.6 cm³/mol. The summed E-state index contributed by atoms with van der Waals surface area (Å²) in [6, 6.07) is 13.7. The molecule has 0 amide bonds. The zero-order valence-electron chi connectivity index (χ0n) is 13.3. The summed E-state index contributed by atoms with van der Waals surface area (Å²) >= 11 is 7.56. The van der Waals surface area contributed by atoms with Crippen LogP contribution in [0, 0.1) is 10.1 Å². The van der Waals surface area contributed by atoms with Crippen LogP contribution in [-0.2, 0) is 5.75 Å². The Labute approximate surface area is 153 Å². The van der Waals surface area contributed by atoms with Crippen LogP contribution in [0.15, 0.2) is 52.9 Å². The lowest BCUT2D eigenvalue weighted by molar-refractivity contribution is -0.384. The first-order chi connectivity index (χ1) is 12.0. The van der Waals surface area contributed by atoms with Gasteiger partial charge in [-0.05, 0) is 36.8 Å². The normalized spacial score (nSPS) is 12.1. The molecule has 0 unspecified atom stereocenters. The molecule has 0 saturated carbocycles. The van der Waals surface area contributed by atoms with Crippen LogP contribution in [0.5, 0.6) is 0 Å². The van der Waals surface area contributed by atoms with Crippen LogP contribution >= 0.6 is 23.4 Å². The number of thioether (sulfide) groups is 1. The summed E-state index contributed by atoms with van der Waals surface area (Å²) in [7, 11) is 0. The van der Waals surface area contributed by atoms with Gasteiger partial charge in [0.1, 0.15) is 0 Å². The summed E-state index contributed by atoms with van der Waals surface area (Å²) in [6.07, 6.45) is 0. The quantitative estimate of drug-likeness (QED) is 0.430. The van der Waals surface area contributed by atoms with Gasteiger partial charge in [-0.2, -0.15) is 0 Å². The van der Waals surface area contributed by atoms with Crippen LogP contribution < -0.4 is 0 Å². The Balaban J connectivity index is 1.65. The maximum absolute atomic E-state index is 10.7. The van der Waals surface area contributed by atoms with Crippen molar-refractivity contribution in [3.63, 3.8) is 0 Å². The van der Waals surface area contributed by atoms with Crippen molar-refractivity contribution in [2.75, 3.05) is 0 Å². The molecular weight excluding hydrogens is 362 g/mol. The van der Waals surface area contributed by atoms with Crippen LogP contribution in [0.2, 0.25) is 5.02 Å². The van der Waals surface area contributed by atoms with Gasteiger partial charge in [0, 0.05) is 28.5 Å². The molecule has 0 radical (unpaired) electrons. The van der Waals surface area contributed by atoms with Gasteiger partial charge >= 0.3 is 0 Å². The second kappa shape index (κ2) is 7.67. The Morgan fingerprint density at radius 1 is 1.16 bits per heavy atom. The van der Waals surface area contributed by atoms with Gasteiger partial charge in [0.2, 0.25) is 11.8 Å². The molecule has 2 aromatic carbocycles. The van der Waals surface area contributed by atoms with E-state index in [1.165, 1.54) is 12.1 Å². The van der Waals surface area contributed by atoms with Crippen molar-refractivity contribution < 1.29 is 9.34 Å². The zero-order chi connectivity index (χ0) is 17.8. The number of benzene rings is 2. The third-order valence-corrected chi connectivity index (χ3v) is 4.98. The first-order valence-electron chi connectivity index (χ1n) is 7.47. The van der Waals surface area contributed by atoms with Crippen LogP contribution in [0.4, 0.5) is 5.69 Å². The molecule has 1 atom stereocenters. The van der Waals surface area contributed by atoms with E-state index in [9.17, 15) is 10.1 Å². The summed E-state index contributed by atoms with van der Waals surface area (Å²) in [6.45, 7) is 1.99. The van der Waals surface area contributed by atoms with E-state index < -0.39 is 4.92 Å². The molecule has 0 aliphatic rings. The van der Waals surface area contributed by atoms with Gasteiger partial charge in [-0.1, -0.05) is 23.7 Å². The maximum Gasteiger partial charge on any atom is 0.269 e. The fourth-order valence-corrected chi connectivity index (χ4v) is 3.11. The Bertz CT molecular complexity index is 866. The highest BCUT2D eigenvalue weighted by atomic mass is 35.5. The summed E-state index contributed by atoms with van der Waals surface area (Å²) in [5.41, 5.74) is 1.84. The molecule has 6 nitrogen and oxygen atoms in total. The Hall–Kier alpha value is -2.38. The summed E-state index contributed by atoms with van der Waals surface area (Å²) < 4.78 is 5.71. The van der Waals surface area contributed by atoms with E-state index in [1.807, 2.05) is 31.2 Å². The fraction of sp³-hybridized carbons (Fsp3) is 0.176. The molecule has 3 aromatic rings. The highest BCUT2D eigenvalue weighted by Crippen LogP contribution is 2.32. The van der Waals surface area contributed by atoms with Gasteiger partial charge < -0.3 is 4.42 Å². The van der Waals surface area contributed by atoms with Crippen molar-refractivity contribution in [3.05, 3.63) is 75.1 Å². The van der Waals surface area contributed by atoms with E-state index >= 15 is 0 Å². The van der Waals surface area contributed by atoms with E-state index in [0.717, 1.165) is 11.3 Å². The van der Waals surface area contributed by atoms with Crippen molar-refractivity contribution in [1.82, 2.24) is 10.2 Å². The lowest BCUT2D eigenvalue weighted by Gasteiger charge is -2.06. The first kappa shape index (κ1) is 17.4. The lowest BCUT2D eigenvalue weighted by atomic mass is 10.2. The molecule has 0 saturated heterocycles. The third-order valence-electron chi connectivity index (χ3n) is 3.53. The van der Waals surface area contributed by atoms with E-state index in [-0.39, 0.29) is 10.9 Å². The smallest absolute Gasteiger partial charge is 0.269 e. The van der Waals surface area contributed by atoms with Crippen molar-refractivity contribution in [2.45, 2.75) is 17.9 Å². The lowest BCUT2D eigenvalue weighted by Crippen LogP contribution is -1.90. The molecule has 3 rings (SSSR count). The standard InChI is InChI=1S/C17H14ClN3O3S/c1-11(25-10-12-2-6-14(18)7-3-12)16-19-20-17(24-16)13-4-8-15(9-5-13)21(22)23/h2-9,11H,10H2,1H3/t11-/m0/s1. The Morgan fingerprint density at radius 2 is 1.84 bits per heavy atom. The predicted octanol–water partition coefficient (Wildman–Crippen LogP) is 5.29. The van der Waals surface area contributed by atoms with Gasteiger partial charge in [-0.25, -0.2) is 0 Å². The molecule has 128 valence electrons. The van der Waals surface area contributed by atoms with Crippen molar-refractivity contribution in [3.8, 4) is 11.5 Å². The molecule has 0 spiro atoms. The maximum atomic E-state index is 10.7. The van der Waals surface area contributed by atoms with Gasteiger partial charge in [0.15, 0.2) is 0 Å². The van der Waals surface area contributed by atoms with E-state index in [1.54, 1.807) is 23.9 Å². The molecule has 1 heterocycles. The number of nitrogens with zero attached hydrogens (tertiary/aromatic N) is 3. The molecular formula is C17H14ClN3O3S. The largest absolute Gasteiger partial charge is 0.420 e. The minimum atomic E-state index is -0.446. The van der Waals surface area contributed by atoms with Crippen LogP contribution in [0.1, 0.15) is 23.6 Å². The van der Waals surface area contributed by atoms with Gasteiger partial charge in [0.05, 0.1) is 10.2 Å². The fourth-order valence-electron chi connectivity index (χ4n) is 2.11. The van der Waals surface area contributed by atoms with Crippen LogP contribution in [0.25, 0.3) is 11.5 Å². The minimum absolute atomic E-state index is 0.0231. The molecule has 0 aliphatic heterocycles. The zero-order valence-corrected chi connectivity index (χ0v) is 14.8. The highest BCUT2D eigenvalue weighted by molar-refractivity contribution is 7.98. The number of rotatable bonds is 6. The van der Waals surface area contributed by atoms with Crippen LogP contribution in [-0.4, -0.2) is 15.1 Å². The number of nitro groups is 1. The SMILES string of the molecule is C[C@H](SCc1ccc(Cl)cc1)c1nnc(-c2ccc([N+](=O)[O-])cc2)o1. The van der Waals surface area contributed by atoms with E-state index in [2.05, 4.69) is 10.2 Å². The third kappa shape index (κ3) is 4.37. The molecule has 1 aromatic heterocycles. The summed E-state index contributed by atoms with van der Waals surface area (Å²) in [5.74, 6) is 1.67. The Morgan fingerprint density at radius 3 is 2.48 bits per heavy atom. The number of hydrogen-bond acceptors (Lipinski definition) is 6. The highest BCUT2D eigenvalue weighted by Gasteiger charge is 2.16. The van der Waals surface area contributed by atoms with Crippen molar-refractivity contribution in [1.29, 1.82) is 0 Å². The Kier molecular flexibility index (Phi) is 5.35. The topological polar surface area (TPSA) is 82.1 Å². The number of aromatic nitrogens is 2. The monoisotopic (exact) mass is 375 g/mol. The van der Waals surface area contributed by atoms with Gasteiger partial charge in [-0.3, -0.25) is 10.1 Å². The van der Waals surface area contributed by atoms with Crippen molar-refractivity contribution in [2.24, 2.45) is 0 Å². The number of non-ortho nitro benzene ring substituents is 1. The second-order valence-corrected chi connectivity index (χ2v) is 7.09. The van der Waals surface area contributed by atoms with E-state index in [4.69, 9.17) is 16.0 Å². The number of hydrogen-bond donors (Lipinski definition) is 0. The number of nitro benzene ring substituents is 1. The number of halogens is 1. The van der Waals surface area contributed by atoms with Crippen molar-refractivity contribution >= 4 is 29.1 Å². The molecule has 0 fully saturated rings. The molecule has 0 N–H and O–H groups in total. The van der Waals surface area contributed by atoms with Gasteiger partial charge in [-0.15, -0.1) is 22.0 Å². The molecule has 25 heavy (non-hydrogen) atoms. The first-order valence-corrected chi connectivity index (χ1v) is 8.90. The summed E-state index contributed by atoms with van der Waals surface area (Å²) in [5, 5.41) is 19.5. The molecule has 8 heteroatoms. The van der Waals surface area contributed by atoms with E-state index in [0.29, 0.717) is 22.4 Å². The average molecular weight is 376 g/mol. The average Bonchev–Trinajstić information content (AvgIpc) is 3.11.